The highest BCUT2D eigenvalue weighted by Gasteiger charge is 2.18. The first-order chi connectivity index (χ1) is 14.4. The quantitative estimate of drug-likeness (QED) is 0.629. The van der Waals surface area contributed by atoms with E-state index >= 15 is 0 Å². The molecule has 0 aliphatic carbocycles. The van der Waals surface area contributed by atoms with Gasteiger partial charge >= 0.3 is 0 Å². The standard InChI is InChI=1S/C21H26N2O6S/c1-15-12-19(30(25,26)23-16-5-7-17(27-2)8-6-16)9-10-20(15)29-14-21(24)22-13-18-4-3-11-28-18/h5-10,12,18,23H,3-4,11,13-14H2,1-2H3,(H,22,24). The molecule has 162 valence electrons. The van der Waals surface area contributed by atoms with Crippen LogP contribution in [-0.4, -0.2) is 47.3 Å². The predicted molar refractivity (Wildman–Crippen MR) is 112 cm³/mol. The Morgan fingerprint density at radius 2 is 1.97 bits per heavy atom. The molecular formula is C21H26N2O6S. The van der Waals surface area contributed by atoms with Gasteiger partial charge in [-0.2, -0.15) is 0 Å². The third-order valence-corrected chi connectivity index (χ3v) is 6.09. The molecule has 0 radical (unpaired) electrons. The lowest BCUT2D eigenvalue weighted by Gasteiger charge is -2.13. The summed E-state index contributed by atoms with van der Waals surface area (Å²) in [6, 6.07) is 11.1. The molecule has 1 atom stereocenters. The molecule has 0 spiro atoms. The first-order valence-electron chi connectivity index (χ1n) is 9.66. The van der Waals surface area contributed by atoms with E-state index in [4.69, 9.17) is 14.2 Å². The number of sulfonamides is 1. The molecule has 0 bridgehead atoms. The van der Waals surface area contributed by atoms with Gasteiger partial charge in [0.25, 0.3) is 15.9 Å². The van der Waals surface area contributed by atoms with Crippen LogP contribution in [0.1, 0.15) is 18.4 Å². The molecule has 0 aromatic heterocycles. The molecule has 1 saturated heterocycles. The summed E-state index contributed by atoms with van der Waals surface area (Å²) in [5.74, 6) is 0.837. The van der Waals surface area contributed by atoms with E-state index in [0.717, 1.165) is 19.4 Å². The van der Waals surface area contributed by atoms with Gasteiger partial charge in [-0.3, -0.25) is 9.52 Å². The topological polar surface area (TPSA) is 103 Å². The highest BCUT2D eigenvalue weighted by molar-refractivity contribution is 7.92. The summed E-state index contributed by atoms with van der Waals surface area (Å²) in [5.41, 5.74) is 1.04. The Morgan fingerprint density at radius 1 is 1.20 bits per heavy atom. The smallest absolute Gasteiger partial charge is 0.261 e. The van der Waals surface area contributed by atoms with Crippen LogP contribution in [0.5, 0.6) is 11.5 Å². The van der Waals surface area contributed by atoms with Crippen LogP contribution >= 0.6 is 0 Å². The van der Waals surface area contributed by atoms with Crippen molar-refractivity contribution in [1.82, 2.24) is 5.32 Å². The van der Waals surface area contributed by atoms with Gasteiger partial charge in [0.05, 0.1) is 18.1 Å². The van der Waals surface area contributed by atoms with E-state index in [1.807, 2.05) is 0 Å². The summed E-state index contributed by atoms with van der Waals surface area (Å²) in [6.07, 6.45) is 2.03. The van der Waals surface area contributed by atoms with Crippen LogP contribution in [0.25, 0.3) is 0 Å². The number of benzene rings is 2. The van der Waals surface area contributed by atoms with Crippen molar-refractivity contribution in [1.29, 1.82) is 0 Å². The van der Waals surface area contributed by atoms with E-state index in [1.165, 1.54) is 12.1 Å². The van der Waals surface area contributed by atoms with Crippen molar-refractivity contribution in [2.45, 2.75) is 30.8 Å². The monoisotopic (exact) mass is 434 g/mol. The molecular weight excluding hydrogens is 408 g/mol. The van der Waals surface area contributed by atoms with E-state index in [2.05, 4.69) is 10.0 Å². The molecule has 3 rings (SSSR count). The van der Waals surface area contributed by atoms with Gasteiger partial charge in [-0.25, -0.2) is 8.42 Å². The highest BCUT2D eigenvalue weighted by atomic mass is 32.2. The average molecular weight is 435 g/mol. The van der Waals surface area contributed by atoms with Gasteiger partial charge in [-0.05, 0) is 67.8 Å². The SMILES string of the molecule is COc1ccc(NS(=O)(=O)c2ccc(OCC(=O)NCC3CCCO3)c(C)c2)cc1. The van der Waals surface area contributed by atoms with Crippen molar-refractivity contribution < 1.29 is 27.4 Å². The van der Waals surface area contributed by atoms with Crippen LogP contribution in [-0.2, 0) is 19.6 Å². The number of rotatable bonds is 9. The molecule has 2 aromatic rings. The molecule has 2 aromatic carbocycles. The van der Waals surface area contributed by atoms with Crippen LogP contribution in [0.2, 0.25) is 0 Å². The zero-order valence-corrected chi connectivity index (χ0v) is 17.8. The Balaban J connectivity index is 1.57. The second kappa shape index (κ2) is 9.82. The van der Waals surface area contributed by atoms with Gasteiger partial charge in [-0.1, -0.05) is 0 Å². The van der Waals surface area contributed by atoms with Gasteiger partial charge in [0.2, 0.25) is 0 Å². The number of aryl methyl sites for hydroxylation is 1. The Morgan fingerprint density at radius 3 is 2.60 bits per heavy atom. The number of anilines is 1. The minimum absolute atomic E-state index is 0.0679. The third-order valence-electron chi connectivity index (χ3n) is 4.71. The highest BCUT2D eigenvalue weighted by Crippen LogP contribution is 2.24. The molecule has 1 heterocycles. The van der Waals surface area contributed by atoms with Crippen LogP contribution in [0.15, 0.2) is 47.4 Å². The van der Waals surface area contributed by atoms with Gasteiger partial charge in [0.1, 0.15) is 11.5 Å². The molecule has 1 amide bonds. The van der Waals surface area contributed by atoms with E-state index in [0.29, 0.717) is 29.3 Å². The van der Waals surface area contributed by atoms with Crippen LogP contribution in [0, 0.1) is 6.92 Å². The fraction of sp³-hybridized carbons (Fsp3) is 0.381. The molecule has 1 fully saturated rings. The minimum Gasteiger partial charge on any atom is -0.497 e. The maximum atomic E-state index is 12.6. The van der Waals surface area contributed by atoms with Crippen LogP contribution < -0.4 is 19.5 Å². The summed E-state index contributed by atoms with van der Waals surface area (Å²) in [6.45, 7) is 2.78. The van der Waals surface area contributed by atoms with Crippen molar-refractivity contribution in [3.63, 3.8) is 0 Å². The molecule has 0 saturated carbocycles. The molecule has 1 aliphatic rings. The van der Waals surface area contributed by atoms with Gasteiger partial charge in [-0.15, -0.1) is 0 Å². The molecule has 9 heteroatoms. The first kappa shape index (κ1) is 21.9. The Hall–Kier alpha value is -2.78. The number of hydrogen-bond acceptors (Lipinski definition) is 6. The number of carbonyl (C=O) groups excluding carboxylic acids is 1. The third kappa shape index (κ3) is 5.87. The van der Waals surface area contributed by atoms with Crippen molar-refractivity contribution in [2.75, 3.05) is 31.6 Å². The van der Waals surface area contributed by atoms with Gasteiger partial charge < -0.3 is 19.5 Å². The normalized spacial score (nSPS) is 16.1. The number of methoxy groups -OCH3 is 1. The molecule has 8 nitrogen and oxygen atoms in total. The lowest BCUT2D eigenvalue weighted by molar-refractivity contribution is -0.123. The van der Waals surface area contributed by atoms with E-state index in [1.54, 1.807) is 44.4 Å². The van der Waals surface area contributed by atoms with Crippen LogP contribution in [0.3, 0.4) is 0 Å². The zero-order chi connectivity index (χ0) is 21.6. The molecule has 1 aliphatic heterocycles. The number of hydrogen-bond donors (Lipinski definition) is 2. The van der Waals surface area contributed by atoms with Gasteiger partial charge in [0, 0.05) is 18.8 Å². The summed E-state index contributed by atoms with van der Waals surface area (Å²) in [5, 5.41) is 2.78. The lowest BCUT2D eigenvalue weighted by Crippen LogP contribution is -2.35. The predicted octanol–water partition coefficient (Wildman–Crippen LogP) is 2.48. The van der Waals surface area contributed by atoms with E-state index in [9.17, 15) is 13.2 Å². The Bertz CT molecular complexity index is 969. The second-order valence-corrected chi connectivity index (χ2v) is 8.67. The maximum Gasteiger partial charge on any atom is 0.261 e. The van der Waals surface area contributed by atoms with E-state index in [-0.39, 0.29) is 23.5 Å². The van der Waals surface area contributed by atoms with Gasteiger partial charge in [0.15, 0.2) is 6.61 Å². The van der Waals surface area contributed by atoms with Crippen LogP contribution in [0.4, 0.5) is 5.69 Å². The summed E-state index contributed by atoms with van der Waals surface area (Å²) in [4.78, 5) is 12.1. The van der Waals surface area contributed by atoms with Crippen molar-refractivity contribution >= 4 is 21.6 Å². The van der Waals surface area contributed by atoms with Crippen molar-refractivity contribution in [2.24, 2.45) is 0 Å². The molecule has 2 N–H and O–H groups in total. The summed E-state index contributed by atoms with van der Waals surface area (Å²) < 4.78 is 43.9. The zero-order valence-electron chi connectivity index (χ0n) is 17.0. The van der Waals surface area contributed by atoms with Crippen molar-refractivity contribution in [3.05, 3.63) is 48.0 Å². The maximum absolute atomic E-state index is 12.6. The molecule has 1 unspecified atom stereocenters. The Kier molecular flexibility index (Phi) is 7.17. The number of ether oxygens (including phenoxy) is 3. The summed E-state index contributed by atoms with van der Waals surface area (Å²) >= 11 is 0. The Labute approximate surface area is 176 Å². The van der Waals surface area contributed by atoms with Crippen molar-refractivity contribution in [3.8, 4) is 11.5 Å². The number of nitrogens with one attached hydrogen (secondary N) is 2. The largest absolute Gasteiger partial charge is 0.497 e. The average Bonchev–Trinajstić information content (AvgIpc) is 3.25. The lowest BCUT2D eigenvalue weighted by atomic mass is 10.2. The minimum atomic E-state index is -3.76. The first-order valence-corrected chi connectivity index (χ1v) is 11.1. The second-order valence-electron chi connectivity index (χ2n) is 6.99. The number of carbonyl (C=O) groups is 1. The molecule has 30 heavy (non-hydrogen) atoms. The summed E-state index contributed by atoms with van der Waals surface area (Å²) in [7, 11) is -2.22. The number of amides is 1. The fourth-order valence-corrected chi connectivity index (χ4v) is 4.19. The van der Waals surface area contributed by atoms with E-state index < -0.39 is 10.0 Å². The fourth-order valence-electron chi connectivity index (χ4n) is 3.05.